The summed E-state index contributed by atoms with van der Waals surface area (Å²) in [4.78, 5) is 39.6. The van der Waals surface area contributed by atoms with Crippen LogP contribution in [-0.2, 0) is 40.4 Å². The summed E-state index contributed by atoms with van der Waals surface area (Å²) in [6.45, 7) is 3.62. The van der Waals surface area contributed by atoms with Crippen molar-refractivity contribution in [2.75, 3.05) is 7.11 Å². The maximum atomic E-state index is 14.3. The number of hydrogen-bond acceptors (Lipinski definition) is 6. The van der Waals surface area contributed by atoms with E-state index in [1.54, 1.807) is 18.2 Å². The van der Waals surface area contributed by atoms with Crippen molar-refractivity contribution in [3.8, 4) is 0 Å². The number of hydrogen-bond donors (Lipinski definition) is 0. The largest absolute Gasteiger partial charge is 0.468 e. The topological polar surface area (TPSA) is 79.5 Å². The van der Waals surface area contributed by atoms with Crippen LogP contribution >= 0.6 is 11.3 Å². The minimum atomic E-state index is -0.709. The molecule has 30 heavy (non-hydrogen) atoms. The summed E-state index contributed by atoms with van der Waals surface area (Å²) in [6.07, 6.45) is 0.494. The average Bonchev–Trinajstić information content (AvgIpc) is 3.07. The van der Waals surface area contributed by atoms with Crippen molar-refractivity contribution in [2.24, 2.45) is 0 Å². The molecule has 9 heteroatoms. The molecule has 1 aliphatic heterocycles. The molecule has 1 aromatic carbocycles. The molecule has 0 spiro atoms. The lowest BCUT2D eigenvalue weighted by Gasteiger charge is -2.29. The third-order valence-corrected chi connectivity index (χ3v) is 6.46. The summed E-state index contributed by atoms with van der Waals surface area (Å²) < 4.78 is 27.0. The SMILES string of the molecule is COC(=O)Cn1c(=O)c2c3c(sc2n(Cc2ccccc2F)c1=O)COC(C)(C)C3. The smallest absolute Gasteiger partial charge is 0.332 e. The molecule has 0 fully saturated rings. The second-order valence-electron chi connectivity index (χ2n) is 7.84. The van der Waals surface area contributed by atoms with Gasteiger partial charge < -0.3 is 9.47 Å². The molecule has 4 rings (SSSR count). The number of esters is 1. The van der Waals surface area contributed by atoms with Crippen LogP contribution in [0.2, 0.25) is 0 Å². The number of benzene rings is 1. The molecular formula is C21H21FN2O5S. The number of thiophene rings is 1. The van der Waals surface area contributed by atoms with Crippen molar-refractivity contribution in [2.45, 2.75) is 45.6 Å². The highest BCUT2D eigenvalue weighted by molar-refractivity contribution is 7.18. The van der Waals surface area contributed by atoms with E-state index in [0.29, 0.717) is 28.8 Å². The Morgan fingerprint density at radius 3 is 2.70 bits per heavy atom. The van der Waals surface area contributed by atoms with E-state index in [0.717, 1.165) is 15.0 Å². The van der Waals surface area contributed by atoms with Crippen molar-refractivity contribution < 1.29 is 18.7 Å². The van der Waals surface area contributed by atoms with Crippen molar-refractivity contribution in [1.29, 1.82) is 0 Å². The van der Waals surface area contributed by atoms with Gasteiger partial charge in [0.1, 0.15) is 17.2 Å². The molecule has 1 aliphatic rings. The van der Waals surface area contributed by atoms with Crippen molar-refractivity contribution >= 4 is 27.5 Å². The number of ether oxygens (including phenoxy) is 2. The van der Waals surface area contributed by atoms with Gasteiger partial charge in [0.05, 0.1) is 31.2 Å². The molecule has 0 amide bonds. The van der Waals surface area contributed by atoms with Crippen LogP contribution in [0.15, 0.2) is 33.9 Å². The summed E-state index contributed by atoms with van der Waals surface area (Å²) in [7, 11) is 1.19. The number of nitrogens with zero attached hydrogens (tertiary/aromatic N) is 2. The van der Waals surface area contributed by atoms with Crippen molar-refractivity contribution in [1.82, 2.24) is 9.13 Å². The van der Waals surface area contributed by atoms with Gasteiger partial charge in [0, 0.05) is 16.9 Å². The van der Waals surface area contributed by atoms with Crippen LogP contribution in [0, 0.1) is 5.82 Å². The van der Waals surface area contributed by atoms with Crippen molar-refractivity contribution in [3.63, 3.8) is 0 Å². The summed E-state index contributed by atoms with van der Waals surface area (Å²) in [6, 6.07) is 6.15. The van der Waals surface area contributed by atoms with Gasteiger partial charge in [-0.3, -0.25) is 14.2 Å². The molecule has 3 aromatic rings. The van der Waals surface area contributed by atoms with E-state index in [1.165, 1.54) is 29.1 Å². The van der Waals surface area contributed by atoms with Crippen LogP contribution in [0.25, 0.3) is 10.2 Å². The molecule has 0 unspecified atom stereocenters. The lowest BCUT2D eigenvalue weighted by atomic mass is 9.94. The normalized spacial score (nSPS) is 15.2. The quantitative estimate of drug-likeness (QED) is 0.592. The lowest BCUT2D eigenvalue weighted by molar-refractivity contribution is -0.141. The Balaban J connectivity index is 2.01. The van der Waals surface area contributed by atoms with Crippen LogP contribution in [-0.4, -0.2) is 27.8 Å². The van der Waals surface area contributed by atoms with E-state index in [9.17, 15) is 18.8 Å². The van der Waals surface area contributed by atoms with Gasteiger partial charge >= 0.3 is 11.7 Å². The molecular weight excluding hydrogens is 411 g/mol. The highest BCUT2D eigenvalue weighted by Gasteiger charge is 2.32. The van der Waals surface area contributed by atoms with Crippen molar-refractivity contribution in [3.05, 3.63) is 66.9 Å². The number of methoxy groups -OCH3 is 1. The third kappa shape index (κ3) is 3.48. The van der Waals surface area contributed by atoms with Gasteiger partial charge in [-0.1, -0.05) is 18.2 Å². The standard InChI is InChI=1S/C21H21FN2O5S/c1-21(2)8-13-15(11-29-21)30-19-17(13)18(26)23(10-16(25)28-3)20(27)24(19)9-12-6-4-5-7-14(12)22/h4-7H,8-11H2,1-3H3. The zero-order valence-electron chi connectivity index (χ0n) is 16.9. The van der Waals surface area contributed by atoms with E-state index in [4.69, 9.17) is 4.74 Å². The van der Waals surface area contributed by atoms with Gasteiger partial charge in [-0.05, 0) is 25.5 Å². The minimum Gasteiger partial charge on any atom is -0.468 e. The third-order valence-electron chi connectivity index (χ3n) is 5.24. The van der Waals surface area contributed by atoms with E-state index < -0.39 is 35.2 Å². The first-order valence-electron chi connectivity index (χ1n) is 9.44. The molecule has 0 bridgehead atoms. The first-order chi connectivity index (χ1) is 14.2. The van der Waals surface area contributed by atoms with Gasteiger partial charge in [-0.2, -0.15) is 0 Å². The molecule has 7 nitrogen and oxygen atoms in total. The summed E-state index contributed by atoms with van der Waals surface area (Å²) >= 11 is 1.30. The second-order valence-corrected chi connectivity index (χ2v) is 8.92. The molecule has 0 atom stereocenters. The number of carbonyl (C=O) groups excluding carboxylic acids is 1. The number of halogens is 1. The average molecular weight is 432 g/mol. The van der Waals surface area contributed by atoms with Crippen LogP contribution in [0.1, 0.15) is 29.9 Å². The minimum absolute atomic E-state index is 0.0624. The fourth-order valence-electron chi connectivity index (χ4n) is 3.67. The van der Waals surface area contributed by atoms with E-state index >= 15 is 0 Å². The Hall–Kier alpha value is -2.78. The summed E-state index contributed by atoms with van der Waals surface area (Å²) in [5.74, 6) is -1.16. The van der Waals surface area contributed by atoms with Gasteiger partial charge in [-0.15, -0.1) is 11.3 Å². The lowest BCUT2D eigenvalue weighted by Crippen LogP contribution is -2.42. The highest BCUT2D eigenvalue weighted by atomic mass is 32.1. The van der Waals surface area contributed by atoms with E-state index in [2.05, 4.69) is 4.74 Å². The van der Waals surface area contributed by atoms with Crippen LogP contribution < -0.4 is 11.2 Å². The molecule has 0 N–H and O–H groups in total. The second kappa shape index (κ2) is 7.48. The fourth-order valence-corrected chi connectivity index (χ4v) is 4.89. The maximum Gasteiger partial charge on any atom is 0.332 e. The van der Waals surface area contributed by atoms with Gasteiger partial charge in [-0.25, -0.2) is 13.8 Å². The fraction of sp³-hybridized carbons (Fsp3) is 0.381. The van der Waals surface area contributed by atoms with Gasteiger partial charge in [0.2, 0.25) is 0 Å². The number of aromatic nitrogens is 2. The van der Waals surface area contributed by atoms with E-state index in [-0.39, 0.29) is 6.54 Å². The Bertz CT molecular complexity index is 1270. The Morgan fingerprint density at radius 2 is 2.00 bits per heavy atom. The summed E-state index contributed by atoms with van der Waals surface area (Å²) in [5.41, 5.74) is -0.558. The predicted molar refractivity (Wildman–Crippen MR) is 110 cm³/mol. The maximum absolute atomic E-state index is 14.3. The first-order valence-corrected chi connectivity index (χ1v) is 10.3. The number of fused-ring (bicyclic) bond motifs is 3. The molecule has 0 saturated heterocycles. The molecule has 0 aliphatic carbocycles. The van der Waals surface area contributed by atoms with Gasteiger partial charge in [0.15, 0.2) is 0 Å². The number of carbonyl (C=O) groups is 1. The van der Waals surface area contributed by atoms with E-state index in [1.807, 2.05) is 13.8 Å². The Kier molecular flexibility index (Phi) is 5.11. The van der Waals surface area contributed by atoms with Crippen LogP contribution in [0.4, 0.5) is 4.39 Å². The van der Waals surface area contributed by atoms with Crippen LogP contribution in [0.5, 0.6) is 0 Å². The number of rotatable bonds is 4. The van der Waals surface area contributed by atoms with Gasteiger partial charge in [0.25, 0.3) is 5.56 Å². The molecule has 0 radical (unpaired) electrons. The zero-order chi connectivity index (χ0) is 21.6. The Morgan fingerprint density at radius 1 is 1.27 bits per heavy atom. The molecule has 2 aromatic heterocycles. The molecule has 158 valence electrons. The monoisotopic (exact) mass is 432 g/mol. The molecule has 3 heterocycles. The predicted octanol–water partition coefficient (Wildman–Crippen LogP) is 2.44. The first kappa shape index (κ1) is 20.5. The molecule has 0 saturated carbocycles. The summed E-state index contributed by atoms with van der Waals surface area (Å²) in [5, 5.41) is 0.381. The van der Waals surface area contributed by atoms with Crippen LogP contribution in [0.3, 0.4) is 0 Å². The zero-order valence-corrected chi connectivity index (χ0v) is 17.7. The Labute approximate surface area is 175 Å². The highest BCUT2D eigenvalue weighted by Crippen LogP contribution is 2.37.